The van der Waals surface area contributed by atoms with Crippen molar-refractivity contribution in [1.82, 2.24) is 14.1 Å². The molecule has 0 bridgehead atoms. The molecule has 8 aromatic carbocycles. The van der Waals surface area contributed by atoms with Crippen LogP contribution in [0.2, 0.25) is 0 Å². The average Bonchev–Trinajstić information content (AvgIpc) is 1.06. The summed E-state index contributed by atoms with van der Waals surface area (Å²) in [6.07, 6.45) is 3.33. The van der Waals surface area contributed by atoms with Crippen LogP contribution in [0.1, 0.15) is 103 Å². The van der Waals surface area contributed by atoms with E-state index in [1.54, 1.807) is 89.5 Å². The largest absolute Gasteiger partial charge is 0.457 e. The van der Waals surface area contributed by atoms with Crippen LogP contribution >= 0.6 is 0 Å². The molecule has 0 spiro atoms. The molecule has 5 heteroatoms. The Labute approximate surface area is 442 Å². The van der Waals surface area contributed by atoms with Gasteiger partial charge in [-0.2, -0.15) is 9.13 Å². The molecule has 0 aliphatic carbocycles. The Bertz CT molecular complexity index is 4540. The van der Waals surface area contributed by atoms with Crippen LogP contribution in [0.5, 0.6) is 11.5 Å². The molecule has 12 rings (SSSR count). The number of aromatic nitrogens is 4. The molecule has 348 valence electrons. The van der Waals surface area contributed by atoms with Gasteiger partial charge in [-0.15, -0.1) is 0 Å². The molecule has 11 aromatic rings. The number of imidazole rings is 1. The van der Waals surface area contributed by atoms with Gasteiger partial charge in [0.05, 0.1) is 11.0 Å². The molecule has 0 unspecified atom stereocenters. The van der Waals surface area contributed by atoms with E-state index in [-0.39, 0.29) is 22.1 Å². The van der Waals surface area contributed by atoms with E-state index in [4.69, 9.17) is 22.1 Å². The minimum atomic E-state index is -4.04. The number of para-hydroxylation sites is 1. The summed E-state index contributed by atoms with van der Waals surface area (Å²) in [5.41, 5.74) is -2.58. The lowest BCUT2D eigenvalue weighted by Gasteiger charge is -2.28. The minimum absolute atomic E-state index is 0.131. The predicted octanol–water partition coefficient (Wildman–Crippen LogP) is 17.1. The minimum Gasteiger partial charge on any atom is -0.457 e. The van der Waals surface area contributed by atoms with Gasteiger partial charge in [-0.1, -0.05) is 165 Å². The maximum absolute atomic E-state index is 9.18. The second-order valence-corrected chi connectivity index (χ2v) is 19.4. The SMILES string of the molecule is [2H]C([2H])([2H])C(c1cc2c(c(C(C([2H])([2H])[2H])(C([2H])([2H])[2H])C([2H])([2H])[2H])c1)-[n+]1cn(-c3cccc(Oc4ccc5c6cc(-c7ccccc7)ccc6n(-c6cc(C(C)(C)C)ccn6)c5c4)c3)c3cccc(c31)-c1ccccc1-c1ccccc1-2)(C([2H])([2H])[2H])C([2H])([2H])[2H]. The molecule has 0 saturated heterocycles. The number of nitrogens with zero attached hydrogens (tertiary/aromatic N) is 4. The van der Waals surface area contributed by atoms with Crippen LogP contribution in [0.25, 0.3) is 94.5 Å². The highest BCUT2D eigenvalue weighted by atomic mass is 16.5. The van der Waals surface area contributed by atoms with E-state index >= 15 is 0 Å². The van der Waals surface area contributed by atoms with Gasteiger partial charge in [0.15, 0.2) is 11.0 Å². The van der Waals surface area contributed by atoms with Gasteiger partial charge in [0.2, 0.25) is 0 Å². The van der Waals surface area contributed by atoms with Crippen LogP contribution in [0.15, 0.2) is 195 Å². The maximum atomic E-state index is 9.18. The first-order valence-electron chi connectivity index (χ1n) is 32.4. The summed E-state index contributed by atoms with van der Waals surface area (Å²) >= 11 is 0. The second-order valence-electron chi connectivity index (χ2n) is 19.4. The topological polar surface area (TPSA) is 35.9 Å². The Balaban J connectivity index is 1.14. The summed E-state index contributed by atoms with van der Waals surface area (Å²) in [5.74, 6) is 1.54. The fourth-order valence-corrected chi connectivity index (χ4v) is 10.3. The van der Waals surface area contributed by atoms with Crippen LogP contribution in [0.4, 0.5) is 0 Å². The molecule has 3 aromatic heterocycles. The van der Waals surface area contributed by atoms with E-state index in [2.05, 4.69) is 61.7 Å². The Hall–Kier alpha value is -8.02. The number of hydrogen-bond acceptors (Lipinski definition) is 2. The van der Waals surface area contributed by atoms with E-state index in [0.717, 1.165) is 44.6 Å². The molecule has 5 nitrogen and oxygen atoms in total. The van der Waals surface area contributed by atoms with Gasteiger partial charge in [-0.05, 0) is 127 Å². The fourth-order valence-electron chi connectivity index (χ4n) is 10.3. The van der Waals surface area contributed by atoms with E-state index in [1.165, 1.54) is 10.9 Å². The van der Waals surface area contributed by atoms with Crippen molar-refractivity contribution in [2.24, 2.45) is 0 Å². The van der Waals surface area contributed by atoms with Crippen molar-refractivity contribution >= 4 is 32.8 Å². The van der Waals surface area contributed by atoms with Crippen LogP contribution in [0, 0.1) is 0 Å². The standard InChI is InChI=1S/C66H59N4O/c1-64(2,3)44-33-34-67-61(38-44)70-58-32-29-43(42-19-11-10-12-20-42)35-55(58)53-31-30-48(40-60(53)70)71-47-22-17-21-46(39-47)68-41-69-62-56(36-45(65(4,5)6)37-57(62)66(7,8)9)52-26-16-14-24-50(52)49-23-13-15-25-51(49)54-27-18-28-59(68)63(54)69/h10-41H,1-9H3/q+1/i4D3,5D3,6D3,7D3,8D3,9D3. The van der Waals surface area contributed by atoms with Crippen LogP contribution in [-0.2, 0) is 16.2 Å². The summed E-state index contributed by atoms with van der Waals surface area (Å²) < 4.78 is 175. The lowest BCUT2D eigenvalue weighted by molar-refractivity contribution is -0.567. The zero-order valence-corrected chi connectivity index (χ0v) is 39.2. The average molecular weight is 942 g/mol. The van der Waals surface area contributed by atoms with Crippen LogP contribution in [0.3, 0.4) is 0 Å². The third-order valence-corrected chi connectivity index (χ3v) is 13.7. The van der Waals surface area contributed by atoms with Crippen molar-refractivity contribution in [2.45, 2.75) is 78.1 Å². The van der Waals surface area contributed by atoms with Gasteiger partial charge in [-0.25, -0.2) is 4.98 Å². The first-order chi connectivity index (χ1) is 41.6. The molecule has 0 radical (unpaired) electrons. The molecular weight excluding hydrogens is 865 g/mol. The third-order valence-electron chi connectivity index (χ3n) is 13.7. The first kappa shape index (κ1) is 28.6. The number of rotatable bonds is 5. The quantitative estimate of drug-likeness (QED) is 0.161. The summed E-state index contributed by atoms with van der Waals surface area (Å²) in [7, 11) is 0. The molecule has 1 aliphatic rings. The Morgan fingerprint density at radius 1 is 0.479 bits per heavy atom. The van der Waals surface area contributed by atoms with Crippen molar-refractivity contribution in [1.29, 1.82) is 0 Å². The van der Waals surface area contributed by atoms with E-state index in [1.807, 2.05) is 54.7 Å². The molecule has 4 heterocycles. The highest BCUT2D eigenvalue weighted by Crippen LogP contribution is 2.47. The van der Waals surface area contributed by atoms with Crippen molar-refractivity contribution in [3.8, 4) is 73.2 Å². The van der Waals surface area contributed by atoms with E-state index in [0.29, 0.717) is 56.8 Å². The number of benzene rings is 8. The monoisotopic (exact) mass is 942 g/mol. The van der Waals surface area contributed by atoms with E-state index in [9.17, 15) is 12.3 Å². The molecule has 0 saturated carbocycles. The normalized spacial score (nSPS) is 17.4. The van der Waals surface area contributed by atoms with Gasteiger partial charge in [0.1, 0.15) is 28.7 Å². The van der Waals surface area contributed by atoms with Crippen molar-refractivity contribution in [2.75, 3.05) is 0 Å². The second kappa shape index (κ2) is 16.3. The third kappa shape index (κ3) is 7.54. The predicted molar refractivity (Wildman–Crippen MR) is 295 cm³/mol. The van der Waals surface area contributed by atoms with Crippen LogP contribution < -0.4 is 9.30 Å². The maximum Gasteiger partial charge on any atom is 0.255 e. The zero-order chi connectivity index (χ0) is 64.0. The smallest absolute Gasteiger partial charge is 0.255 e. The van der Waals surface area contributed by atoms with Gasteiger partial charge in [-0.3, -0.25) is 4.57 Å². The molecular formula is C66H59N4O+. The fraction of sp³-hybridized carbons (Fsp3) is 0.182. The molecule has 0 fully saturated rings. The number of ether oxygens (including phenoxy) is 1. The van der Waals surface area contributed by atoms with Crippen molar-refractivity contribution < 1.29 is 34.0 Å². The molecule has 71 heavy (non-hydrogen) atoms. The van der Waals surface area contributed by atoms with Gasteiger partial charge in [0.25, 0.3) is 6.33 Å². The number of hydrogen-bond donors (Lipinski definition) is 0. The number of pyridine rings is 1. The Kier molecular flexibility index (Phi) is 6.56. The summed E-state index contributed by atoms with van der Waals surface area (Å²) in [6.45, 7) is -17.6. The summed E-state index contributed by atoms with van der Waals surface area (Å²) in [5, 5.41) is 1.95. The van der Waals surface area contributed by atoms with Gasteiger partial charge in [0, 0.05) is 70.5 Å². The van der Waals surface area contributed by atoms with Crippen molar-refractivity contribution in [3.63, 3.8) is 0 Å². The van der Waals surface area contributed by atoms with Gasteiger partial charge < -0.3 is 4.74 Å². The lowest BCUT2D eigenvalue weighted by Crippen LogP contribution is -2.35. The highest BCUT2D eigenvalue weighted by molar-refractivity contribution is 6.11. The molecule has 1 aliphatic heterocycles. The van der Waals surface area contributed by atoms with Crippen LogP contribution in [-0.4, -0.2) is 14.1 Å². The van der Waals surface area contributed by atoms with Gasteiger partial charge >= 0.3 is 0 Å². The van der Waals surface area contributed by atoms with E-state index < -0.39 is 68.8 Å². The molecule has 0 atom stereocenters. The Morgan fingerprint density at radius 2 is 1.15 bits per heavy atom. The molecule has 0 amide bonds. The molecule has 0 N–H and O–H groups in total. The lowest BCUT2D eigenvalue weighted by atomic mass is 9.77. The first-order valence-corrected chi connectivity index (χ1v) is 23.4. The zero-order valence-electron chi connectivity index (χ0n) is 57.2. The highest BCUT2D eigenvalue weighted by Gasteiger charge is 2.35. The number of fused-ring (bicyclic) bond motifs is 10. The summed E-state index contributed by atoms with van der Waals surface area (Å²) in [4.78, 5) is 4.90. The Morgan fingerprint density at radius 3 is 1.89 bits per heavy atom. The summed E-state index contributed by atoms with van der Waals surface area (Å²) in [6, 6.07) is 54.2. The van der Waals surface area contributed by atoms with Crippen molar-refractivity contribution in [3.05, 3.63) is 211 Å².